The van der Waals surface area contributed by atoms with E-state index in [1.54, 1.807) is 0 Å². The summed E-state index contributed by atoms with van der Waals surface area (Å²) < 4.78 is 17.2. The Labute approximate surface area is 113 Å². The first-order valence-electron chi connectivity index (χ1n) is 7.80. The summed E-state index contributed by atoms with van der Waals surface area (Å²) in [4.78, 5) is 0. The zero-order valence-corrected chi connectivity index (χ0v) is 12.7. The summed E-state index contributed by atoms with van der Waals surface area (Å²) in [5.74, 6) is 0.616. The second-order valence-corrected chi connectivity index (χ2v) is 7.24. The lowest BCUT2D eigenvalue weighted by molar-refractivity contribution is 0.0139. The molecule has 0 radical (unpaired) electrons. The van der Waals surface area contributed by atoms with Gasteiger partial charge in [0.15, 0.2) is 0 Å². The van der Waals surface area contributed by atoms with Gasteiger partial charge in [-0.3, -0.25) is 0 Å². The fourth-order valence-electron chi connectivity index (χ4n) is 2.74. The largest absolute Gasteiger partial charge is 0.484 e. The van der Waals surface area contributed by atoms with Crippen LogP contribution in [0.5, 0.6) is 0 Å². The van der Waals surface area contributed by atoms with Gasteiger partial charge in [0.05, 0.1) is 0 Å². The Morgan fingerprint density at radius 3 is 1.83 bits per heavy atom. The van der Waals surface area contributed by atoms with Gasteiger partial charge in [-0.25, -0.2) is 0 Å². The van der Waals surface area contributed by atoms with Crippen molar-refractivity contribution in [2.75, 3.05) is 19.8 Å². The highest BCUT2D eigenvalue weighted by Crippen LogP contribution is 2.18. The summed E-state index contributed by atoms with van der Waals surface area (Å²) >= 11 is 0. The van der Waals surface area contributed by atoms with Crippen LogP contribution in [0, 0.1) is 5.92 Å². The first-order valence-corrected chi connectivity index (χ1v) is 9.21. The van der Waals surface area contributed by atoms with Gasteiger partial charge in [-0.15, -0.1) is 0 Å². The van der Waals surface area contributed by atoms with Crippen LogP contribution in [0.25, 0.3) is 0 Å². The summed E-state index contributed by atoms with van der Waals surface area (Å²) in [6, 6.07) is 0. The molecule has 0 aromatic rings. The Morgan fingerprint density at radius 2 is 1.17 bits per heavy atom. The molecule has 4 heteroatoms. The number of hydrogen-bond acceptors (Lipinski definition) is 3. The average Bonchev–Trinajstić information content (AvgIpc) is 2.40. The Kier molecular flexibility index (Phi) is 7.31. The molecule has 0 aromatic heterocycles. The maximum Gasteiger partial charge on any atom is 0.484 e. The van der Waals surface area contributed by atoms with Gasteiger partial charge in [0.25, 0.3) is 0 Å². The van der Waals surface area contributed by atoms with Gasteiger partial charge in [0, 0.05) is 25.7 Å². The van der Waals surface area contributed by atoms with Crippen molar-refractivity contribution in [3.05, 3.63) is 0 Å². The Hall–Kier alpha value is 0.0969. The molecule has 18 heavy (non-hydrogen) atoms. The van der Waals surface area contributed by atoms with Crippen molar-refractivity contribution < 1.29 is 13.3 Å². The Balaban J connectivity index is 1.68. The third kappa shape index (κ3) is 5.82. The minimum Gasteiger partial charge on any atom is -0.376 e. The van der Waals surface area contributed by atoms with Crippen molar-refractivity contribution in [2.24, 2.45) is 5.92 Å². The fourth-order valence-corrected chi connectivity index (χ4v) is 4.25. The third-order valence-corrected chi connectivity index (χ3v) is 5.38. The summed E-state index contributed by atoms with van der Waals surface area (Å²) in [6.45, 7) is 2.58. The first kappa shape index (κ1) is 14.5. The molecule has 3 aliphatic heterocycles. The SMILES string of the molecule is C1CCCCCO[SiH]2OCC(CCCCC1)CO2. The second-order valence-electron chi connectivity index (χ2n) is 5.66. The van der Waals surface area contributed by atoms with Gasteiger partial charge in [0.1, 0.15) is 0 Å². The Morgan fingerprint density at radius 1 is 0.611 bits per heavy atom. The zero-order chi connectivity index (χ0) is 12.5. The minimum absolute atomic E-state index is 0.616. The first-order chi connectivity index (χ1) is 8.95. The molecular weight excluding hydrogens is 244 g/mol. The standard InChI is InChI=1S/C14H28O3Si/c1-2-4-6-8-10-14-12-16-18(17-13-14)15-11-9-7-5-3-1/h14,18H,1-13H2. The van der Waals surface area contributed by atoms with Crippen LogP contribution in [0.2, 0.25) is 0 Å². The van der Waals surface area contributed by atoms with Gasteiger partial charge in [-0.1, -0.05) is 51.4 Å². The molecule has 3 aliphatic rings. The number of fused-ring (bicyclic) bond motifs is 13. The van der Waals surface area contributed by atoms with Crippen molar-refractivity contribution in [3.63, 3.8) is 0 Å². The van der Waals surface area contributed by atoms with E-state index in [-0.39, 0.29) is 0 Å². The van der Waals surface area contributed by atoms with E-state index in [4.69, 9.17) is 13.3 Å². The molecule has 0 aliphatic carbocycles. The van der Waals surface area contributed by atoms with E-state index >= 15 is 0 Å². The van der Waals surface area contributed by atoms with Gasteiger partial charge in [-0.2, -0.15) is 0 Å². The van der Waals surface area contributed by atoms with Crippen LogP contribution in [0.4, 0.5) is 0 Å². The second kappa shape index (κ2) is 9.07. The molecule has 0 spiro atoms. The van der Waals surface area contributed by atoms with E-state index < -0.39 is 9.53 Å². The highest BCUT2D eigenvalue weighted by molar-refractivity contribution is 6.36. The normalized spacial score (nSPS) is 33.3. The summed E-state index contributed by atoms with van der Waals surface area (Å²) in [6.07, 6.45) is 13.5. The molecule has 0 amide bonds. The zero-order valence-electron chi connectivity index (χ0n) is 11.6. The molecule has 3 heterocycles. The van der Waals surface area contributed by atoms with E-state index in [1.165, 1.54) is 64.2 Å². The molecule has 0 N–H and O–H groups in total. The summed E-state index contributed by atoms with van der Waals surface area (Å²) in [5, 5.41) is 0. The number of rotatable bonds is 0. The maximum absolute atomic E-state index is 5.74. The molecular formula is C14H28O3Si. The van der Waals surface area contributed by atoms with Crippen molar-refractivity contribution >= 4 is 9.53 Å². The van der Waals surface area contributed by atoms with Gasteiger partial charge in [-0.05, 0) is 12.8 Å². The quantitative estimate of drug-likeness (QED) is 0.633. The van der Waals surface area contributed by atoms with E-state index in [0.717, 1.165) is 19.8 Å². The topological polar surface area (TPSA) is 27.7 Å². The lowest BCUT2D eigenvalue weighted by atomic mass is 10.0. The van der Waals surface area contributed by atoms with E-state index in [1.807, 2.05) is 0 Å². The van der Waals surface area contributed by atoms with E-state index in [9.17, 15) is 0 Å². The van der Waals surface area contributed by atoms with E-state index in [2.05, 4.69) is 0 Å². The molecule has 3 nitrogen and oxygen atoms in total. The van der Waals surface area contributed by atoms with Crippen LogP contribution in [0.3, 0.4) is 0 Å². The fraction of sp³-hybridized carbons (Fsp3) is 1.00. The molecule has 0 aromatic carbocycles. The van der Waals surface area contributed by atoms with Gasteiger partial charge in [0.2, 0.25) is 0 Å². The van der Waals surface area contributed by atoms with Crippen LogP contribution in [-0.2, 0) is 13.3 Å². The molecule has 106 valence electrons. The smallest absolute Gasteiger partial charge is 0.376 e. The van der Waals surface area contributed by atoms with Crippen LogP contribution in [-0.4, -0.2) is 29.3 Å². The molecule has 3 saturated heterocycles. The van der Waals surface area contributed by atoms with Crippen LogP contribution in [0.15, 0.2) is 0 Å². The third-order valence-electron chi connectivity index (χ3n) is 3.95. The predicted molar refractivity (Wildman–Crippen MR) is 74.7 cm³/mol. The van der Waals surface area contributed by atoms with Crippen LogP contribution < -0.4 is 0 Å². The number of hydrogen-bond donors (Lipinski definition) is 0. The Bertz CT molecular complexity index is 178. The molecule has 2 bridgehead atoms. The summed E-state index contributed by atoms with van der Waals surface area (Å²) in [5.41, 5.74) is 0. The molecule has 3 fully saturated rings. The highest BCUT2D eigenvalue weighted by atomic mass is 28.3. The lowest BCUT2D eigenvalue weighted by Crippen LogP contribution is -2.38. The van der Waals surface area contributed by atoms with Crippen molar-refractivity contribution in [3.8, 4) is 0 Å². The van der Waals surface area contributed by atoms with Gasteiger partial charge >= 0.3 is 9.53 Å². The van der Waals surface area contributed by atoms with Crippen molar-refractivity contribution in [1.82, 2.24) is 0 Å². The average molecular weight is 272 g/mol. The molecule has 0 saturated carbocycles. The molecule has 0 atom stereocenters. The molecule has 0 unspecified atom stereocenters. The monoisotopic (exact) mass is 272 g/mol. The summed E-state index contributed by atoms with van der Waals surface area (Å²) in [7, 11) is -1.74. The maximum atomic E-state index is 5.74. The lowest BCUT2D eigenvalue weighted by Gasteiger charge is -2.28. The van der Waals surface area contributed by atoms with Crippen molar-refractivity contribution in [1.29, 1.82) is 0 Å². The minimum atomic E-state index is -1.74. The van der Waals surface area contributed by atoms with E-state index in [0.29, 0.717) is 5.92 Å². The van der Waals surface area contributed by atoms with Crippen molar-refractivity contribution in [2.45, 2.75) is 64.2 Å². The highest BCUT2D eigenvalue weighted by Gasteiger charge is 2.25. The van der Waals surface area contributed by atoms with Crippen LogP contribution in [0.1, 0.15) is 64.2 Å². The predicted octanol–water partition coefficient (Wildman–Crippen LogP) is 3.30. The van der Waals surface area contributed by atoms with Gasteiger partial charge < -0.3 is 13.3 Å². The molecule has 3 rings (SSSR count). The van der Waals surface area contributed by atoms with Crippen LogP contribution >= 0.6 is 0 Å².